The first-order chi connectivity index (χ1) is 15.1. The summed E-state index contributed by atoms with van der Waals surface area (Å²) >= 11 is 0. The van der Waals surface area contributed by atoms with Crippen LogP contribution in [0.3, 0.4) is 0 Å². The van der Waals surface area contributed by atoms with Gasteiger partial charge in [0, 0.05) is 34.0 Å². The molecule has 0 saturated carbocycles. The van der Waals surface area contributed by atoms with E-state index in [4.69, 9.17) is 5.48 Å². The Hall–Kier alpha value is -2.74. The highest BCUT2D eigenvalue weighted by molar-refractivity contribution is 5.70. The SMILES string of the molecule is [2H]C1([2H])C[C@H](O)C([2H])([2H])N1c1cnn2ccc(N3CCC[C@@H]3c3cc(F)ccc3F)nc12. The molecule has 6 nitrogen and oxygen atoms in total. The molecule has 2 fully saturated rings. The highest BCUT2D eigenvalue weighted by Crippen LogP contribution is 2.37. The number of β-amino-alcohol motifs (C(OH)–C–C–N with tert-alkyl or cyclic N) is 1. The lowest BCUT2D eigenvalue weighted by molar-refractivity contribution is 0.198. The summed E-state index contributed by atoms with van der Waals surface area (Å²) in [4.78, 5) is 7.33. The largest absolute Gasteiger partial charge is 0.391 e. The molecule has 2 aromatic heterocycles. The summed E-state index contributed by atoms with van der Waals surface area (Å²) in [6, 6.07) is 4.64. The minimum absolute atomic E-state index is 0.103. The van der Waals surface area contributed by atoms with E-state index in [0.29, 0.717) is 18.8 Å². The monoisotopic (exact) mass is 389 g/mol. The lowest BCUT2D eigenvalue weighted by Gasteiger charge is -2.26. The number of anilines is 2. The molecule has 0 aliphatic carbocycles. The van der Waals surface area contributed by atoms with Gasteiger partial charge in [-0.3, -0.25) is 0 Å². The van der Waals surface area contributed by atoms with Crippen LogP contribution in [0.1, 0.15) is 36.4 Å². The molecule has 146 valence electrons. The van der Waals surface area contributed by atoms with Gasteiger partial charge in [0.1, 0.15) is 23.1 Å². The van der Waals surface area contributed by atoms with E-state index in [1.165, 1.54) is 16.8 Å². The zero-order valence-corrected chi connectivity index (χ0v) is 14.9. The van der Waals surface area contributed by atoms with E-state index in [2.05, 4.69) is 10.1 Å². The van der Waals surface area contributed by atoms with Gasteiger partial charge in [-0.25, -0.2) is 18.3 Å². The predicted molar refractivity (Wildman–Crippen MR) is 102 cm³/mol. The van der Waals surface area contributed by atoms with Crippen molar-refractivity contribution in [1.29, 1.82) is 0 Å². The maximum Gasteiger partial charge on any atom is 0.180 e. The summed E-state index contributed by atoms with van der Waals surface area (Å²) in [5.41, 5.74) is 0.550. The number of aromatic nitrogens is 3. The van der Waals surface area contributed by atoms with Crippen molar-refractivity contribution < 1.29 is 19.4 Å². The van der Waals surface area contributed by atoms with Crippen LogP contribution in [0.25, 0.3) is 5.65 Å². The van der Waals surface area contributed by atoms with E-state index >= 15 is 0 Å². The van der Waals surface area contributed by atoms with Gasteiger partial charge in [0.2, 0.25) is 0 Å². The average molecular weight is 389 g/mol. The van der Waals surface area contributed by atoms with E-state index in [9.17, 15) is 13.9 Å². The Morgan fingerprint density at radius 2 is 2.11 bits per heavy atom. The van der Waals surface area contributed by atoms with Crippen molar-refractivity contribution in [3.8, 4) is 0 Å². The van der Waals surface area contributed by atoms with Gasteiger partial charge in [0.15, 0.2) is 5.65 Å². The predicted octanol–water partition coefficient (Wildman–Crippen LogP) is 2.92. The lowest BCUT2D eigenvalue weighted by atomic mass is 10.0. The molecule has 0 amide bonds. The van der Waals surface area contributed by atoms with Crippen LogP contribution in [0, 0.1) is 11.6 Å². The third kappa shape index (κ3) is 2.88. The molecule has 3 aromatic rings. The van der Waals surface area contributed by atoms with E-state index in [1.807, 2.05) is 4.90 Å². The quantitative estimate of drug-likeness (QED) is 0.747. The van der Waals surface area contributed by atoms with Gasteiger partial charge in [-0.15, -0.1) is 0 Å². The zero-order valence-electron chi connectivity index (χ0n) is 18.9. The summed E-state index contributed by atoms with van der Waals surface area (Å²) in [5, 5.41) is 14.3. The van der Waals surface area contributed by atoms with E-state index in [1.54, 1.807) is 12.3 Å². The second-order valence-corrected chi connectivity index (χ2v) is 6.94. The Morgan fingerprint density at radius 1 is 1.21 bits per heavy atom. The number of aliphatic hydroxyl groups is 1. The molecule has 4 heterocycles. The third-order valence-corrected chi connectivity index (χ3v) is 5.16. The molecule has 28 heavy (non-hydrogen) atoms. The Labute approximate surface area is 166 Å². The van der Waals surface area contributed by atoms with Crippen LogP contribution in [0.4, 0.5) is 20.3 Å². The molecule has 1 aromatic carbocycles. The molecule has 2 aliphatic rings. The number of hydrogen-bond acceptors (Lipinski definition) is 5. The molecule has 0 bridgehead atoms. The molecule has 0 unspecified atom stereocenters. The van der Waals surface area contributed by atoms with Crippen molar-refractivity contribution in [2.24, 2.45) is 0 Å². The molecular weight excluding hydrogens is 364 g/mol. The molecule has 2 aliphatic heterocycles. The Morgan fingerprint density at radius 3 is 2.93 bits per heavy atom. The van der Waals surface area contributed by atoms with Crippen molar-refractivity contribution in [2.75, 3.05) is 29.3 Å². The summed E-state index contributed by atoms with van der Waals surface area (Å²) < 4.78 is 62.5. The van der Waals surface area contributed by atoms with Gasteiger partial charge >= 0.3 is 0 Å². The van der Waals surface area contributed by atoms with Gasteiger partial charge in [-0.2, -0.15) is 5.10 Å². The van der Waals surface area contributed by atoms with Crippen molar-refractivity contribution in [3.63, 3.8) is 0 Å². The Bertz CT molecular complexity index is 1190. The Kier molecular flexibility index (Phi) is 3.22. The summed E-state index contributed by atoms with van der Waals surface area (Å²) in [6.07, 6.45) is 2.37. The van der Waals surface area contributed by atoms with Gasteiger partial charge < -0.3 is 14.9 Å². The van der Waals surface area contributed by atoms with Crippen molar-refractivity contribution >= 4 is 17.2 Å². The average Bonchev–Trinajstić information content (AvgIpc) is 3.39. The highest BCUT2D eigenvalue weighted by atomic mass is 19.1. The number of halogens is 2. The van der Waals surface area contributed by atoms with Crippen molar-refractivity contribution in [3.05, 3.63) is 53.9 Å². The normalized spacial score (nSPS) is 28.2. The fraction of sp³-hybridized carbons (Fsp3) is 0.400. The van der Waals surface area contributed by atoms with Crippen LogP contribution in [0.5, 0.6) is 0 Å². The number of hydrogen-bond donors (Lipinski definition) is 1. The first-order valence-electron chi connectivity index (χ1n) is 11.1. The summed E-state index contributed by atoms with van der Waals surface area (Å²) in [5.74, 6) is -0.556. The smallest absolute Gasteiger partial charge is 0.180 e. The zero-order chi connectivity index (χ0) is 22.8. The van der Waals surface area contributed by atoms with E-state index in [-0.39, 0.29) is 16.9 Å². The maximum absolute atomic E-state index is 14.4. The van der Waals surface area contributed by atoms with Gasteiger partial charge in [-0.05, 0) is 43.5 Å². The van der Waals surface area contributed by atoms with Gasteiger partial charge in [0.25, 0.3) is 0 Å². The van der Waals surface area contributed by atoms with Crippen LogP contribution in [0.15, 0.2) is 36.7 Å². The van der Waals surface area contributed by atoms with Crippen molar-refractivity contribution in [2.45, 2.75) is 31.4 Å². The molecule has 2 atom stereocenters. The molecule has 8 heteroatoms. The maximum atomic E-state index is 14.4. The van der Waals surface area contributed by atoms with Crippen LogP contribution in [-0.2, 0) is 0 Å². The summed E-state index contributed by atoms with van der Waals surface area (Å²) in [6.45, 7) is -3.94. The number of nitrogens with zero attached hydrogens (tertiary/aromatic N) is 5. The number of aliphatic hydroxyl groups excluding tert-OH is 1. The van der Waals surface area contributed by atoms with Crippen LogP contribution >= 0.6 is 0 Å². The first kappa shape index (κ1) is 13.4. The van der Waals surface area contributed by atoms with Gasteiger partial charge in [0.05, 0.1) is 21.1 Å². The van der Waals surface area contributed by atoms with Crippen molar-refractivity contribution in [1.82, 2.24) is 14.6 Å². The highest BCUT2D eigenvalue weighted by Gasteiger charge is 2.30. The third-order valence-electron chi connectivity index (χ3n) is 5.16. The molecule has 5 rings (SSSR count). The number of fused-ring (bicyclic) bond motifs is 1. The second kappa shape index (κ2) is 6.70. The molecule has 2 saturated heterocycles. The Balaban J connectivity index is 1.58. The minimum Gasteiger partial charge on any atom is -0.391 e. The first-order valence-corrected chi connectivity index (χ1v) is 9.14. The number of rotatable bonds is 3. The van der Waals surface area contributed by atoms with Crippen LogP contribution < -0.4 is 9.80 Å². The van der Waals surface area contributed by atoms with Crippen LogP contribution in [0.2, 0.25) is 0 Å². The molecule has 1 N–H and O–H groups in total. The standard InChI is InChI=1S/C20H21F2N5O/c21-13-3-4-16(22)15(10-13)17-2-1-7-26(17)19-6-9-27-20(24-19)18(11-23-27)25-8-5-14(28)12-25/h3-4,6,9-11,14,17,28H,1-2,5,7-8,12H2/t14-,17+/m0/s1/i8D2,12D2. The fourth-order valence-electron chi connectivity index (χ4n) is 3.87. The van der Waals surface area contributed by atoms with E-state index in [0.717, 1.165) is 23.5 Å². The summed E-state index contributed by atoms with van der Waals surface area (Å²) in [7, 11) is 0. The molecule has 0 spiro atoms. The van der Waals surface area contributed by atoms with Crippen LogP contribution in [-0.4, -0.2) is 45.3 Å². The second-order valence-electron chi connectivity index (χ2n) is 6.94. The molecular formula is C20H21F2N5O. The van der Waals surface area contributed by atoms with Gasteiger partial charge in [-0.1, -0.05) is 0 Å². The molecule has 0 radical (unpaired) electrons. The lowest BCUT2D eigenvalue weighted by Crippen LogP contribution is -2.25. The minimum atomic E-state index is -2.36. The topological polar surface area (TPSA) is 56.9 Å². The van der Waals surface area contributed by atoms with E-state index < -0.39 is 43.2 Å². The number of benzene rings is 1. The fourth-order valence-corrected chi connectivity index (χ4v) is 3.87.